The average Bonchev–Trinajstić information content (AvgIpc) is 3.15. The fourth-order valence-corrected chi connectivity index (χ4v) is 2.92. The van der Waals surface area contributed by atoms with E-state index in [4.69, 9.17) is 18.7 Å². The molecule has 4 aromatic rings. The number of hydrogen-bond donors (Lipinski definition) is 0. The minimum absolute atomic E-state index is 0.176. The number of ether oxygens (including phenoxy) is 3. The number of methoxy groups -OCH3 is 2. The van der Waals surface area contributed by atoms with Crippen molar-refractivity contribution in [1.82, 2.24) is 10.1 Å². The second-order valence-corrected chi connectivity index (χ2v) is 5.98. The first-order chi connectivity index (χ1) is 13.7. The largest absolute Gasteiger partial charge is 0.496 e. The third-order valence-corrected chi connectivity index (χ3v) is 4.30. The molecule has 0 aliphatic heterocycles. The topological polar surface area (TPSA) is 66.6 Å². The van der Waals surface area contributed by atoms with Crippen molar-refractivity contribution < 1.29 is 23.1 Å². The molecular formula is C21H17FN2O4. The van der Waals surface area contributed by atoms with Crippen LogP contribution in [0.15, 0.2) is 59.1 Å². The fraction of sp³-hybridized carbons (Fsp3) is 0.143. The number of pyridine rings is 1. The number of para-hydroxylation sites is 1. The summed E-state index contributed by atoms with van der Waals surface area (Å²) in [6, 6.07) is 15.4. The maximum absolute atomic E-state index is 13.3. The zero-order valence-corrected chi connectivity index (χ0v) is 15.3. The van der Waals surface area contributed by atoms with Gasteiger partial charge in [-0.25, -0.2) is 4.39 Å². The summed E-state index contributed by atoms with van der Waals surface area (Å²) in [4.78, 5) is 4.36. The van der Waals surface area contributed by atoms with Crippen LogP contribution in [0.4, 0.5) is 4.39 Å². The van der Waals surface area contributed by atoms with Crippen LogP contribution in [0.2, 0.25) is 0 Å². The lowest BCUT2D eigenvalue weighted by atomic mass is 10.1. The normalized spacial score (nSPS) is 10.8. The van der Waals surface area contributed by atoms with Crippen LogP contribution in [0.1, 0.15) is 5.56 Å². The molecule has 0 atom stereocenters. The molecule has 6 nitrogen and oxygen atoms in total. The Morgan fingerprint density at radius 3 is 2.61 bits per heavy atom. The number of fused-ring (bicyclic) bond motifs is 1. The molecule has 0 aliphatic rings. The van der Waals surface area contributed by atoms with Crippen LogP contribution in [0.25, 0.3) is 22.4 Å². The first-order valence-corrected chi connectivity index (χ1v) is 8.54. The van der Waals surface area contributed by atoms with Crippen LogP contribution in [-0.2, 0) is 6.61 Å². The van der Waals surface area contributed by atoms with E-state index in [2.05, 4.69) is 10.1 Å². The second-order valence-electron chi connectivity index (χ2n) is 5.98. The maximum Gasteiger partial charge on any atom is 0.261 e. The van der Waals surface area contributed by atoms with Crippen LogP contribution < -0.4 is 14.2 Å². The molecule has 0 amide bonds. The predicted octanol–water partition coefficient (Wildman–Crippen LogP) is 4.63. The minimum Gasteiger partial charge on any atom is -0.496 e. The number of hydrogen-bond acceptors (Lipinski definition) is 6. The summed E-state index contributed by atoms with van der Waals surface area (Å²) in [6.07, 6.45) is 0. The molecule has 4 rings (SSSR count). The fourth-order valence-electron chi connectivity index (χ4n) is 2.92. The third kappa shape index (κ3) is 3.34. The quantitative estimate of drug-likeness (QED) is 0.486. The molecule has 2 heterocycles. The van der Waals surface area contributed by atoms with Gasteiger partial charge in [-0.2, -0.15) is 4.98 Å². The van der Waals surface area contributed by atoms with Gasteiger partial charge in [0.05, 0.1) is 19.6 Å². The van der Waals surface area contributed by atoms with Gasteiger partial charge in [0.1, 0.15) is 29.6 Å². The SMILES string of the molecule is COc1cc(F)ccc1COc1ccc2c(-c3ccccc3OC)noc2n1. The van der Waals surface area contributed by atoms with E-state index >= 15 is 0 Å². The molecule has 0 saturated carbocycles. The molecule has 0 aliphatic carbocycles. The van der Waals surface area contributed by atoms with Crippen molar-refractivity contribution in [1.29, 1.82) is 0 Å². The molecule has 0 unspecified atom stereocenters. The highest BCUT2D eigenvalue weighted by atomic mass is 19.1. The number of rotatable bonds is 6. The highest BCUT2D eigenvalue weighted by Gasteiger charge is 2.16. The highest BCUT2D eigenvalue weighted by molar-refractivity contribution is 5.91. The van der Waals surface area contributed by atoms with Gasteiger partial charge >= 0.3 is 0 Å². The molecule has 28 heavy (non-hydrogen) atoms. The van der Waals surface area contributed by atoms with E-state index in [0.29, 0.717) is 34.3 Å². The molecule has 0 saturated heterocycles. The van der Waals surface area contributed by atoms with Crippen molar-refractivity contribution in [2.75, 3.05) is 14.2 Å². The molecule has 7 heteroatoms. The van der Waals surface area contributed by atoms with Crippen molar-refractivity contribution in [3.63, 3.8) is 0 Å². The van der Waals surface area contributed by atoms with Crippen LogP contribution >= 0.6 is 0 Å². The zero-order valence-electron chi connectivity index (χ0n) is 15.3. The molecule has 0 fully saturated rings. The Bertz CT molecular complexity index is 1130. The number of benzene rings is 2. The van der Waals surface area contributed by atoms with Crippen molar-refractivity contribution in [2.24, 2.45) is 0 Å². The van der Waals surface area contributed by atoms with Crippen molar-refractivity contribution in [2.45, 2.75) is 6.61 Å². The molecule has 0 N–H and O–H groups in total. The average molecular weight is 380 g/mol. The third-order valence-electron chi connectivity index (χ3n) is 4.30. The monoisotopic (exact) mass is 380 g/mol. The maximum atomic E-state index is 13.3. The van der Waals surface area contributed by atoms with Crippen molar-refractivity contribution in [3.05, 3.63) is 66.0 Å². The predicted molar refractivity (Wildman–Crippen MR) is 101 cm³/mol. The Morgan fingerprint density at radius 2 is 1.79 bits per heavy atom. The number of aromatic nitrogens is 2. The molecular weight excluding hydrogens is 363 g/mol. The van der Waals surface area contributed by atoms with Crippen molar-refractivity contribution >= 4 is 11.1 Å². The van der Waals surface area contributed by atoms with Gasteiger partial charge in [-0.1, -0.05) is 17.3 Å². The Balaban J connectivity index is 1.60. The summed E-state index contributed by atoms with van der Waals surface area (Å²) in [5, 5.41) is 4.88. The molecule has 2 aromatic carbocycles. The van der Waals surface area contributed by atoms with Gasteiger partial charge in [-0.15, -0.1) is 0 Å². The van der Waals surface area contributed by atoms with E-state index < -0.39 is 0 Å². The first-order valence-electron chi connectivity index (χ1n) is 8.54. The van der Waals surface area contributed by atoms with Crippen LogP contribution in [0, 0.1) is 5.82 Å². The standard InChI is InChI=1S/C21H17FN2O4/c1-25-17-6-4-3-5-15(17)20-16-9-10-19(23-21(16)28-24-20)27-12-13-7-8-14(22)11-18(13)26-2/h3-11H,12H2,1-2H3. The Morgan fingerprint density at radius 1 is 0.964 bits per heavy atom. The van der Waals surface area contributed by atoms with E-state index in [0.717, 1.165) is 10.9 Å². The van der Waals surface area contributed by atoms with Gasteiger partial charge in [0.25, 0.3) is 5.71 Å². The van der Waals surface area contributed by atoms with Gasteiger partial charge in [0.2, 0.25) is 5.88 Å². The van der Waals surface area contributed by atoms with Gasteiger partial charge in [-0.3, -0.25) is 0 Å². The summed E-state index contributed by atoms with van der Waals surface area (Å²) >= 11 is 0. The lowest BCUT2D eigenvalue weighted by Gasteiger charge is -2.09. The highest BCUT2D eigenvalue weighted by Crippen LogP contribution is 2.34. The number of halogens is 1. The smallest absolute Gasteiger partial charge is 0.261 e. The van der Waals surface area contributed by atoms with Crippen LogP contribution in [0.3, 0.4) is 0 Å². The zero-order chi connectivity index (χ0) is 19.5. The molecule has 142 valence electrons. The molecule has 0 spiro atoms. The van der Waals surface area contributed by atoms with Crippen LogP contribution in [-0.4, -0.2) is 24.4 Å². The van der Waals surface area contributed by atoms with Gasteiger partial charge < -0.3 is 18.7 Å². The summed E-state index contributed by atoms with van der Waals surface area (Å²) in [5.41, 5.74) is 2.52. The molecule has 0 radical (unpaired) electrons. The summed E-state index contributed by atoms with van der Waals surface area (Å²) in [5.74, 6) is 1.10. The first kappa shape index (κ1) is 17.8. The van der Waals surface area contributed by atoms with Crippen LogP contribution in [0.5, 0.6) is 17.4 Å². The summed E-state index contributed by atoms with van der Waals surface area (Å²) in [7, 11) is 3.09. The summed E-state index contributed by atoms with van der Waals surface area (Å²) in [6.45, 7) is 0.176. The lowest BCUT2D eigenvalue weighted by molar-refractivity contribution is 0.284. The molecule has 2 aromatic heterocycles. The van der Waals surface area contributed by atoms with E-state index in [1.54, 1.807) is 19.2 Å². The van der Waals surface area contributed by atoms with Gasteiger partial charge in [0, 0.05) is 23.3 Å². The van der Waals surface area contributed by atoms with E-state index in [-0.39, 0.29) is 12.4 Å². The summed E-state index contributed by atoms with van der Waals surface area (Å²) < 4.78 is 35.0. The van der Waals surface area contributed by atoms with Gasteiger partial charge in [0.15, 0.2) is 0 Å². The lowest BCUT2D eigenvalue weighted by Crippen LogP contribution is -2.00. The second kappa shape index (κ2) is 7.56. The minimum atomic E-state index is -0.370. The van der Waals surface area contributed by atoms with E-state index in [1.165, 1.54) is 19.2 Å². The number of nitrogens with zero attached hydrogens (tertiary/aromatic N) is 2. The molecule has 0 bridgehead atoms. The Hall–Kier alpha value is -3.61. The van der Waals surface area contributed by atoms with Gasteiger partial charge in [-0.05, 0) is 30.3 Å². The van der Waals surface area contributed by atoms with E-state index in [1.807, 2.05) is 30.3 Å². The van der Waals surface area contributed by atoms with Crippen molar-refractivity contribution in [3.8, 4) is 28.6 Å². The Kier molecular flexibility index (Phi) is 4.80. The Labute approximate surface area is 160 Å². The van der Waals surface area contributed by atoms with E-state index in [9.17, 15) is 4.39 Å².